The molecule has 0 aromatic heterocycles. The number of carbonyl (C=O) groups is 4. The summed E-state index contributed by atoms with van der Waals surface area (Å²) in [5, 5.41) is 0. The fraction of sp³-hybridized carbons (Fsp3) is 0.714. The van der Waals surface area contributed by atoms with Gasteiger partial charge in [-0.2, -0.15) is 0 Å². The van der Waals surface area contributed by atoms with Crippen molar-refractivity contribution in [1.82, 2.24) is 0 Å². The molecule has 0 unspecified atom stereocenters. The number of thiol groups is 1. The zero-order valence-electron chi connectivity index (χ0n) is 13.7. The summed E-state index contributed by atoms with van der Waals surface area (Å²) in [5.41, 5.74) is -0.981. The van der Waals surface area contributed by atoms with Crippen molar-refractivity contribution >= 4 is 36.5 Å². The molecule has 0 saturated carbocycles. The lowest BCUT2D eigenvalue weighted by molar-refractivity contribution is -0.237. The maximum absolute atomic E-state index is 11.4. The average molecular weight is 364 g/mol. The van der Waals surface area contributed by atoms with Crippen molar-refractivity contribution in [3.05, 3.63) is 0 Å². The van der Waals surface area contributed by atoms with Gasteiger partial charge >= 0.3 is 23.9 Å². The molecule has 24 heavy (non-hydrogen) atoms. The van der Waals surface area contributed by atoms with Gasteiger partial charge < -0.3 is 23.7 Å². The van der Waals surface area contributed by atoms with E-state index in [9.17, 15) is 19.2 Å². The molecule has 0 aromatic rings. The Morgan fingerprint density at radius 2 is 1.25 bits per heavy atom. The predicted molar refractivity (Wildman–Crippen MR) is 80.9 cm³/mol. The molecule has 0 bridgehead atoms. The summed E-state index contributed by atoms with van der Waals surface area (Å²) in [6.07, 6.45) is -4.35. The number of esters is 4. The van der Waals surface area contributed by atoms with Crippen molar-refractivity contribution in [2.75, 3.05) is 6.61 Å². The van der Waals surface area contributed by atoms with Crippen molar-refractivity contribution in [1.29, 1.82) is 0 Å². The van der Waals surface area contributed by atoms with E-state index in [1.807, 2.05) is 0 Å². The number of hydrogen-bond donors (Lipinski definition) is 1. The first kappa shape index (κ1) is 20.2. The molecule has 0 N–H and O–H groups in total. The predicted octanol–water partition coefficient (Wildman–Crippen LogP) is -0.000700. The van der Waals surface area contributed by atoms with Crippen molar-refractivity contribution in [2.45, 2.75) is 57.5 Å². The highest BCUT2D eigenvalue weighted by Gasteiger charge is 2.51. The van der Waals surface area contributed by atoms with E-state index in [4.69, 9.17) is 23.7 Å². The molecular formula is C14H20O9S. The van der Waals surface area contributed by atoms with Gasteiger partial charge in [-0.1, -0.05) is 0 Å². The van der Waals surface area contributed by atoms with Crippen molar-refractivity contribution in [3.63, 3.8) is 0 Å². The third-order valence-electron chi connectivity index (χ3n) is 2.97. The second-order valence-corrected chi connectivity index (χ2v) is 5.60. The highest BCUT2D eigenvalue weighted by atomic mass is 32.1. The van der Waals surface area contributed by atoms with Crippen LogP contribution in [0, 0.1) is 0 Å². The molecule has 0 aromatic carbocycles. The Morgan fingerprint density at radius 1 is 0.792 bits per heavy atom. The van der Waals surface area contributed by atoms with Gasteiger partial charge in [-0.15, -0.1) is 12.6 Å². The second kappa shape index (κ2) is 8.88. The second-order valence-electron chi connectivity index (χ2n) is 5.09. The van der Waals surface area contributed by atoms with Crippen LogP contribution in [0.15, 0.2) is 0 Å². The summed E-state index contributed by atoms with van der Waals surface area (Å²) in [6.45, 7) is 4.42. The van der Waals surface area contributed by atoms with E-state index < -0.39 is 53.7 Å². The maximum atomic E-state index is 11.4. The molecule has 1 heterocycles. The minimum absolute atomic E-state index is 0.255. The molecule has 1 fully saturated rings. The Bertz CT molecular complexity index is 506. The Morgan fingerprint density at radius 3 is 1.71 bits per heavy atom. The monoisotopic (exact) mass is 364 g/mol. The van der Waals surface area contributed by atoms with E-state index >= 15 is 0 Å². The number of ether oxygens (including phenoxy) is 5. The molecule has 1 aliphatic rings. The molecule has 0 spiro atoms. The Kier molecular flexibility index (Phi) is 7.49. The zero-order chi connectivity index (χ0) is 18.4. The highest BCUT2D eigenvalue weighted by molar-refractivity contribution is 7.80. The third-order valence-corrected chi connectivity index (χ3v) is 3.38. The molecular weight excluding hydrogens is 344 g/mol. The van der Waals surface area contributed by atoms with E-state index in [0.717, 1.165) is 20.8 Å². The smallest absolute Gasteiger partial charge is 0.303 e. The van der Waals surface area contributed by atoms with Crippen LogP contribution in [0.25, 0.3) is 0 Å². The van der Waals surface area contributed by atoms with E-state index in [-0.39, 0.29) is 6.61 Å². The van der Waals surface area contributed by atoms with Gasteiger partial charge in [0.2, 0.25) is 0 Å². The third kappa shape index (κ3) is 6.00. The molecule has 1 rings (SSSR count). The number of rotatable bonds is 5. The SMILES string of the molecule is CC(=O)OC[C@@H]1O[C@H](S)[C@@H](OC(C)=O)[C@H](OC(C)=O)[C@@H]1OC(C)=O. The van der Waals surface area contributed by atoms with Crippen LogP contribution in [-0.2, 0) is 42.9 Å². The Labute approximate surface area is 144 Å². The summed E-state index contributed by atoms with van der Waals surface area (Å²) < 4.78 is 25.8. The van der Waals surface area contributed by atoms with Crippen LogP contribution in [0.3, 0.4) is 0 Å². The van der Waals surface area contributed by atoms with Gasteiger partial charge in [0.25, 0.3) is 0 Å². The van der Waals surface area contributed by atoms with Gasteiger partial charge in [-0.05, 0) is 0 Å². The van der Waals surface area contributed by atoms with Crippen LogP contribution < -0.4 is 0 Å². The lowest BCUT2D eigenvalue weighted by Gasteiger charge is -2.42. The molecule has 1 saturated heterocycles. The van der Waals surface area contributed by atoms with Crippen LogP contribution in [0.1, 0.15) is 27.7 Å². The first-order valence-electron chi connectivity index (χ1n) is 7.10. The molecule has 0 aliphatic carbocycles. The van der Waals surface area contributed by atoms with Gasteiger partial charge in [0, 0.05) is 27.7 Å². The van der Waals surface area contributed by atoms with Crippen LogP contribution in [0.2, 0.25) is 0 Å². The van der Waals surface area contributed by atoms with Crippen LogP contribution in [0.5, 0.6) is 0 Å². The topological polar surface area (TPSA) is 114 Å². The van der Waals surface area contributed by atoms with Crippen LogP contribution >= 0.6 is 12.6 Å². The van der Waals surface area contributed by atoms with Gasteiger partial charge in [0.05, 0.1) is 0 Å². The van der Waals surface area contributed by atoms with Crippen molar-refractivity contribution in [3.8, 4) is 0 Å². The Hall–Kier alpha value is -1.81. The molecule has 0 radical (unpaired) electrons. The van der Waals surface area contributed by atoms with Crippen molar-refractivity contribution < 1.29 is 42.9 Å². The average Bonchev–Trinajstić information content (AvgIpc) is 2.42. The standard InChI is InChI=1S/C14H20O9S/c1-6(15)19-5-10-11(20-7(2)16)12(21-8(3)17)13(14(24)23-10)22-9(4)18/h10-14,24H,5H2,1-4H3/t10-,11+,12+,13-,14+/m0/s1. The number of carbonyl (C=O) groups excluding carboxylic acids is 4. The molecule has 9 nitrogen and oxygen atoms in total. The summed E-state index contributed by atoms with van der Waals surface area (Å²) >= 11 is 4.18. The summed E-state index contributed by atoms with van der Waals surface area (Å²) in [5.74, 6) is -2.57. The first-order chi connectivity index (χ1) is 11.1. The quantitative estimate of drug-likeness (QED) is 0.409. The van der Waals surface area contributed by atoms with Gasteiger partial charge in [0.15, 0.2) is 18.3 Å². The van der Waals surface area contributed by atoms with Crippen molar-refractivity contribution in [2.24, 2.45) is 0 Å². The van der Waals surface area contributed by atoms with E-state index in [0.29, 0.717) is 0 Å². The minimum Gasteiger partial charge on any atom is -0.463 e. The largest absolute Gasteiger partial charge is 0.463 e. The molecule has 136 valence electrons. The van der Waals surface area contributed by atoms with E-state index in [1.54, 1.807) is 0 Å². The van der Waals surface area contributed by atoms with Crippen LogP contribution in [0.4, 0.5) is 0 Å². The fourth-order valence-corrected chi connectivity index (χ4v) is 2.59. The zero-order valence-corrected chi connectivity index (χ0v) is 14.6. The van der Waals surface area contributed by atoms with E-state index in [2.05, 4.69) is 12.6 Å². The summed E-state index contributed by atoms with van der Waals surface area (Å²) in [4.78, 5) is 45.1. The van der Waals surface area contributed by atoms with Gasteiger partial charge in [0.1, 0.15) is 18.1 Å². The fourth-order valence-electron chi connectivity index (χ4n) is 2.21. The Balaban J connectivity index is 3.11. The lowest BCUT2D eigenvalue weighted by Crippen LogP contribution is -2.61. The van der Waals surface area contributed by atoms with Gasteiger partial charge in [-0.25, -0.2) is 0 Å². The maximum Gasteiger partial charge on any atom is 0.303 e. The molecule has 10 heteroatoms. The highest BCUT2D eigenvalue weighted by Crippen LogP contribution is 2.30. The molecule has 0 amide bonds. The summed E-state index contributed by atoms with van der Waals surface area (Å²) in [6, 6.07) is 0. The van der Waals surface area contributed by atoms with Crippen LogP contribution in [-0.4, -0.2) is 60.3 Å². The minimum atomic E-state index is -1.16. The molecule has 5 atom stereocenters. The molecule has 1 aliphatic heterocycles. The lowest BCUT2D eigenvalue weighted by atomic mass is 9.99. The summed E-state index contributed by atoms with van der Waals surface area (Å²) in [7, 11) is 0. The number of hydrogen-bond acceptors (Lipinski definition) is 10. The van der Waals surface area contributed by atoms with E-state index in [1.165, 1.54) is 6.92 Å². The first-order valence-corrected chi connectivity index (χ1v) is 7.62. The normalized spacial score (nSPS) is 29.3. The van der Waals surface area contributed by atoms with Gasteiger partial charge in [-0.3, -0.25) is 19.2 Å².